The highest BCUT2D eigenvalue weighted by Gasteiger charge is 2.16. The summed E-state index contributed by atoms with van der Waals surface area (Å²) in [6.45, 7) is 5.90. The Morgan fingerprint density at radius 3 is 2.25 bits per heavy atom. The van der Waals surface area contributed by atoms with Crippen LogP contribution in [0.15, 0.2) is 70.1 Å². The number of rotatable bonds is 4. The highest BCUT2D eigenvalue weighted by atomic mass is 32.2. The van der Waals surface area contributed by atoms with Gasteiger partial charge in [0.1, 0.15) is 0 Å². The number of hydrogen-bond acceptors (Lipinski definition) is 4. The number of aromatic nitrogens is 1. The van der Waals surface area contributed by atoms with E-state index < -0.39 is 10.0 Å². The minimum absolute atomic E-state index is 0. The molecule has 0 aliphatic carbocycles. The molecule has 3 aromatic rings. The molecule has 0 fully saturated rings. The highest BCUT2D eigenvalue weighted by molar-refractivity contribution is 7.92. The fraction of sp³-hybridized carbons (Fsp3) is 0.167. The van der Waals surface area contributed by atoms with Gasteiger partial charge in [0.05, 0.1) is 4.90 Å². The molecule has 24 heavy (non-hydrogen) atoms. The summed E-state index contributed by atoms with van der Waals surface area (Å²) in [4.78, 5) is 0.183. The first-order valence-corrected chi connectivity index (χ1v) is 9.14. The lowest BCUT2D eigenvalue weighted by Gasteiger charge is -2.04. The summed E-state index contributed by atoms with van der Waals surface area (Å²) < 4.78 is 32.1. The number of aryl methyl sites for hydroxylation is 1. The predicted octanol–water partition coefficient (Wildman–Crippen LogP) is 4.72. The van der Waals surface area contributed by atoms with Gasteiger partial charge in [-0.1, -0.05) is 67.0 Å². The smallest absolute Gasteiger partial charge is 0.263 e. The van der Waals surface area contributed by atoms with E-state index in [1.807, 2.05) is 51.1 Å². The van der Waals surface area contributed by atoms with Crippen molar-refractivity contribution in [1.82, 2.24) is 5.16 Å². The molecule has 5 nitrogen and oxygen atoms in total. The van der Waals surface area contributed by atoms with Gasteiger partial charge in [0, 0.05) is 13.1 Å². The molecule has 3 rings (SSSR count). The second-order valence-electron chi connectivity index (χ2n) is 4.86. The Labute approximate surface area is 143 Å². The van der Waals surface area contributed by atoms with Gasteiger partial charge in [-0.3, -0.25) is 4.72 Å². The van der Waals surface area contributed by atoms with Crippen molar-refractivity contribution in [1.29, 1.82) is 0 Å². The third kappa shape index (κ3) is 4.23. The van der Waals surface area contributed by atoms with Crippen molar-refractivity contribution in [3.05, 3.63) is 66.2 Å². The van der Waals surface area contributed by atoms with Gasteiger partial charge in [-0.2, -0.15) is 0 Å². The fourth-order valence-electron chi connectivity index (χ4n) is 1.98. The molecule has 0 aliphatic rings. The number of nitrogens with one attached hydrogen (secondary N) is 1. The molecule has 0 amide bonds. The zero-order valence-corrected chi connectivity index (χ0v) is 14.7. The highest BCUT2D eigenvalue weighted by Crippen LogP contribution is 2.23. The first-order valence-electron chi connectivity index (χ1n) is 7.66. The first kappa shape index (κ1) is 17.7. The van der Waals surface area contributed by atoms with Crippen molar-refractivity contribution in [3.8, 4) is 11.3 Å². The zero-order valence-electron chi connectivity index (χ0n) is 13.9. The van der Waals surface area contributed by atoms with E-state index in [1.54, 1.807) is 30.3 Å². The van der Waals surface area contributed by atoms with Crippen LogP contribution in [0, 0.1) is 6.92 Å². The molecular formula is C18H22N2O3S. The molecular weight excluding hydrogens is 324 g/mol. The Kier molecular flexibility index (Phi) is 5.76. The lowest BCUT2D eigenvalue weighted by Crippen LogP contribution is -2.12. The largest absolute Gasteiger partial charge is 0.354 e. The van der Waals surface area contributed by atoms with Crippen LogP contribution in [0.4, 0.5) is 5.82 Å². The second kappa shape index (κ2) is 7.79. The molecule has 0 radical (unpaired) electrons. The van der Waals surface area contributed by atoms with E-state index in [0.29, 0.717) is 5.76 Å². The Hall–Kier alpha value is -2.60. The second-order valence-corrected chi connectivity index (χ2v) is 6.54. The molecule has 2 aromatic carbocycles. The minimum Gasteiger partial charge on any atom is -0.354 e. The molecule has 0 unspecified atom stereocenters. The van der Waals surface area contributed by atoms with Crippen LogP contribution in [-0.4, -0.2) is 13.6 Å². The van der Waals surface area contributed by atoms with Gasteiger partial charge >= 0.3 is 0 Å². The molecule has 0 spiro atoms. The predicted molar refractivity (Wildman–Crippen MR) is 97.4 cm³/mol. The molecule has 1 aromatic heterocycles. The molecule has 128 valence electrons. The van der Waals surface area contributed by atoms with Crippen molar-refractivity contribution >= 4 is 15.8 Å². The van der Waals surface area contributed by atoms with Crippen LogP contribution in [0.2, 0.25) is 0 Å². The average molecular weight is 346 g/mol. The first-order chi connectivity index (χ1) is 11.5. The van der Waals surface area contributed by atoms with Crippen molar-refractivity contribution in [2.75, 3.05) is 4.72 Å². The topological polar surface area (TPSA) is 72.2 Å². The number of hydrogen-bond donors (Lipinski definition) is 1. The summed E-state index contributed by atoms with van der Waals surface area (Å²) in [6.07, 6.45) is 0. The number of anilines is 1. The van der Waals surface area contributed by atoms with Gasteiger partial charge in [0.2, 0.25) is 0 Å². The number of sulfonamides is 1. The van der Waals surface area contributed by atoms with Crippen molar-refractivity contribution in [2.45, 2.75) is 25.7 Å². The van der Waals surface area contributed by atoms with Crippen LogP contribution in [0.1, 0.15) is 20.8 Å². The van der Waals surface area contributed by atoms with E-state index in [-0.39, 0.29) is 12.1 Å². The third-order valence-electron chi connectivity index (χ3n) is 3.14. The van der Waals surface area contributed by atoms with E-state index in [2.05, 4.69) is 9.88 Å². The van der Waals surface area contributed by atoms with Crippen LogP contribution in [0.5, 0.6) is 0 Å². The van der Waals surface area contributed by atoms with E-state index in [1.165, 1.54) is 0 Å². The standard InChI is InChI=1S/C16H14N2O3S.C2H6.H2/c1-12-7-9-14(10-8-12)22(19,20)18-16-11-15(21-17-16)13-5-3-2-4-6-13;1-2;/h2-11H,1H3,(H,17,18);1-2H3;1H. The fourth-order valence-corrected chi connectivity index (χ4v) is 2.96. The van der Waals surface area contributed by atoms with Crippen LogP contribution < -0.4 is 4.72 Å². The van der Waals surface area contributed by atoms with Gasteiger partial charge < -0.3 is 4.52 Å². The maximum atomic E-state index is 12.3. The molecule has 1 N–H and O–H groups in total. The molecule has 0 saturated carbocycles. The summed E-state index contributed by atoms with van der Waals surface area (Å²) in [6, 6.07) is 17.5. The number of benzene rings is 2. The van der Waals surface area contributed by atoms with Crippen LogP contribution in [-0.2, 0) is 10.0 Å². The summed E-state index contributed by atoms with van der Waals surface area (Å²) in [5.41, 5.74) is 1.82. The number of nitrogens with zero attached hydrogens (tertiary/aromatic N) is 1. The lowest BCUT2D eigenvalue weighted by atomic mass is 10.2. The van der Waals surface area contributed by atoms with Crippen LogP contribution in [0.3, 0.4) is 0 Å². The molecule has 6 heteroatoms. The summed E-state index contributed by atoms with van der Waals surface area (Å²) in [5.74, 6) is 0.654. The third-order valence-corrected chi connectivity index (χ3v) is 4.51. The van der Waals surface area contributed by atoms with Crippen LogP contribution in [0.25, 0.3) is 11.3 Å². The van der Waals surface area contributed by atoms with Gasteiger partial charge in [0.15, 0.2) is 11.6 Å². The lowest BCUT2D eigenvalue weighted by molar-refractivity contribution is 0.435. The zero-order chi connectivity index (χ0) is 17.6. The Balaban J connectivity index is 0.00000101. The van der Waals surface area contributed by atoms with E-state index >= 15 is 0 Å². The van der Waals surface area contributed by atoms with Crippen LogP contribution >= 0.6 is 0 Å². The molecule has 0 saturated heterocycles. The summed E-state index contributed by atoms with van der Waals surface area (Å²) in [7, 11) is -3.67. The minimum atomic E-state index is -3.67. The molecule has 1 heterocycles. The maximum Gasteiger partial charge on any atom is 0.263 e. The van der Waals surface area contributed by atoms with Crippen molar-refractivity contribution < 1.29 is 14.4 Å². The summed E-state index contributed by atoms with van der Waals surface area (Å²) in [5, 5.41) is 3.76. The molecule has 0 atom stereocenters. The van der Waals surface area contributed by atoms with E-state index in [9.17, 15) is 8.42 Å². The average Bonchev–Trinajstić information content (AvgIpc) is 3.06. The Morgan fingerprint density at radius 1 is 1.00 bits per heavy atom. The van der Waals surface area contributed by atoms with Gasteiger partial charge in [0.25, 0.3) is 10.0 Å². The molecule has 0 aliphatic heterocycles. The Bertz CT molecular complexity index is 876. The van der Waals surface area contributed by atoms with Gasteiger partial charge in [-0.05, 0) is 19.1 Å². The van der Waals surface area contributed by atoms with E-state index in [4.69, 9.17) is 4.52 Å². The van der Waals surface area contributed by atoms with Crippen molar-refractivity contribution in [2.24, 2.45) is 0 Å². The SMILES string of the molecule is CC.Cc1ccc(S(=O)(=O)Nc2cc(-c3ccccc3)on2)cc1.[HH]. The van der Waals surface area contributed by atoms with E-state index in [0.717, 1.165) is 11.1 Å². The van der Waals surface area contributed by atoms with Crippen molar-refractivity contribution in [3.63, 3.8) is 0 Å². The Morgan fingerprint density at radius 2 is 1.62 bits per heavy atom. The maximum absolute atomic E-state index is 12.3. The van der Waals surface area contributed by atoms with Gasteiger partial charge in [-0.15, -0.1) is 0 Å². The quantitative estimate of drug-likeness (QED) is 0.741. The normalized spacial score (nSPS) is 10.6. The monoisotopic (exact) mass is 346 g/mol. The molecule has 0 bridgehead atoms. The van der Waals surface area contributed by atoms with Gasteiger partial charge in [-0.25, -0.2) is 8.42 Å². The summed E-state index contributed by atoms with van der Waals surface area (Å²) >= 11 is 0.